The molecule has 0 saturated heterocycles. The van der Waals surface area contributed by atoms with E-state index in [1.807, 2.05) is 30.3 Å². The highest BCUT2D eigenvalue weighted by Gasteiger charge is 2.26. The molecular weight excluding hydrogens is 319 g/mol. The molecule has 1 aliphatic rings. The molecule has 0 aromatic heterocycles. The number of nitrogens with one attached hydrogen (secondary N) is 2. The number of amides is 1. The van der Waals surface area contributed by atoms with E-state index in [1.165, 1.54) is 13.0 Å². The standard InChI is InChI=1S/C20H21FN2O2/c1-13(24)23-18-10-17(21)16(15-8-5-9-19(25)20(15)18)12-22-11-14-6-3-2-4-7-14/h2-4,6-7,10,22H,5,8-9,11-12H2,1H3,(H,23,24). The molecule has 0 unspecified atom stereocenters. The molecule has 0 radical (unpaired) electrons. The highest BCUT2D eigenvalue weighted by atomic mass is 19.1. The molecule has 2 N–H and O–H groups in total. The molecule has 1 amide bonds. The molecule has 0 atom stereocenters. The van der Waals surface area contributed by atoms with Gasteiger partial charge in [0.25, 0.3) is 0 Å². The molecule has 1 aliphatic carbocycles. The molecular formula is C20H21FN2O2. The van der Waals surface area contributed by atoms with E-state index in [2.05, 4.69) is 10.6 Å². The maximum Gasteiger partial charge on any atom is 0.221 e. The van der Waals surface area contributed by atoms with Crippen molar-refractivity contribution in [1.82, 2.24) is 5.32 Å². The molecule has 2 aromatic carbocycles. The monoisotopic (exact) mass is 340 g/mol. The van der Waals surface area contributed by atoms with Crippen LogP contribution in [0.4, 0.5) is 10.1 Å². The van der Waals surface area contributed by atoms with Crippen LogP contribution in [0.2, 0.25) is 0 Å². The van der Waals surface area contributed by atoms with E-state index in [0.717, 1.165) is 11.1 Å². The van der Waals surface area contributed by atoms with Crippen LogP contribution in [0.3, 0.4) is 0 Å². The molecule has 3 rings (SSSR count). The predicted octanol–water partition coefficient (Wildman–Crippen LogP) is 3.59. The zero-order valence-corrected chi connectivity index (χ0v) is 14.2. The van der Waals surface area contributed by atoms with Gasteiger partial charge in [-0.2, -0.15) is 0 Å². The van der Waals surface area contributed by atoms with Gasteiger partial charge < -0.3 is 10.6 Å². The van der Waals surface area contributed by atoms with Gasteiger partial charge in [0.2, 0.25) is 5.91 Å². The van der Waals surface area contributed by atoms with Gasteiger partial charge in [-0.1, -0.05) is 30.3 Å². The Kier molecular flexibility index (Phi) is 5.24. The van der Waals surface area contributed by atoms with Gasteiger partial charge in [-0.05, 0) is 30.0 Å². The normalized spacial score (nSPS) is 13.4. The summed E-state index contributed by atoms with van der Waals surface area (Å²) in [5.74, 6) is -0.734. The summed E-state index contributed by atoms with van der Waals surface area (Å²) in [7, 11) is 0. The van der Waals surface area contributed by atoms with Crippen molar-refractivity contribution in [3.05, 3.63) is 64.5 Å². The number of Topliss-reactive ketones (excluding diaryl/α,β-unsaturated/α-hetero) is 1. The molecule has 25 heavy (non-hydrogen) atoms. The lowest BCUT2D eigenvalue weighted by molar-refractivity contribution is -0.114. The zero-order chi connectivity index (χ0) is 17.8. The minimum absolute atomic E-state index is 0.0330. The van der Waals surface area contributed by atoms with Crippen molar-refractivity contribution >= 4 is 17.4 Å². The van der Waals surface area contributed by atoms with Crippen molar-refractivity contribution in [3.8, 4) is 0 Å². The Bertz CT molecular complexity index is 803. The predicted molar refractivity (Wildman–Crippen MR) is 95.0 cm³/mol. The third-order valence-electron chi connectivity index (χ3n) is 4.39. The molecule has 4 nitrogen and oxygen atoms in total. The van der Waals surface area contributed by atoms with Gasteiger partial charge in [0.1, 0.15) is 5.82 Å². The summed E-state index contributed by atoms with van der Waals surface area (Å²) in [5.41, 5.74) is 3.12. The Morgan fingerprint density at radius 1 is 1.16 bits per heavy atom. The molecule has 2 aromatic rings. The highest BCUT2D eigenvalue weighted by Crippen LogP contribution is 2.33. The summed E-state index contributed by atoms with van der Waals surface area (Å²) in [5, 5.41) is 5.84. The maximum absolute atomic E-state index is 14.6. The number of rotatable bonds is 5. The van der Waals surface area contributed by atoms with Gasteiger partial charge in [-0.15, -0.1) is 0 Å². The second-order valence-electron chi connectivity index (χ2n) is 6.29. The van der Waals surface area contributed by atoms with Crippen LogP contribution in [-0.4, -0.2) is 11.7 Å². The van der Waals surface area contributed by atoms with E-state index in [-0.39, 0.29) is 17.4 Å². The largest absolute Gasteiger partial charge is 0.326 e. The summed E-state index contributed by atoms with van der Waals surface area (Å²) < 4.78 is 14.6. The molecule has 0 aliphatic heterocycles. The number of hydrogen-bond acceptors (Lipinski definition) is 3. The lowest BCUT2D eigenvalue weighted by atomic mass is 9.85. The van der Waals surface area contributed by atoms with E-state index in [9.17, 15) is 14.0 Å². The van der Waals surface area contributed by atoms with Crippen LogP contribution in [0, 0.1) is 5.82 Å². The number of hydrogen-bond donors (Lipinski definition) is 2. The second-order valence-corrected chi connectivity index (χ2v) is 6.29. The minimum atomic E-state index is -0.391. The smallest absolute Gasteiger partial charge is 0.221 e. The van der Waals surface area contributed by atoms with Crippen molar-refractivity contribution in [2.24, 2.45) is 0 Å². The summed E-state index contributed by atoms with van der Waals surface area (Å²) in [6.07, 6.45) is 1.79. The molecule has 5 heteroatoms. The first-order chi connectivity index (χ1) is 12.1. The number of halogens is 1. The highest BCUT2D eigenvalue weighted by molar-refractivity contribution is 6.06. The van der Waals surface area contributed by atoms with Gasteiger partial charge in [-0.25, -0.2) is 4.39 Å². The van der Waals surface area contributed by atoms with E-state index in [0.29, 0.717) is 43.5 Å². The Morgan fingerprint density at radius 3 is 2.64 bits per heavy atom. The topological polar surface area (TPSA) is 58.2 Å². The van der Waals surface area contributed by atoms with Crippen molar-refractivity contribution in [3.63, 3.8) is 0 Å². The van der Waals surface area contributed by atoms with Gasteiger partial charge in [0.15, 0.2) is 5.78 Å². The van der Waals surface area contributed by atoms with Gasteiger partial charge in [0.05, 0.1) is 5.69 Å². The lowest BCUT2D eigenvalue weighted by Gasteiger charge is -2.23. The first-order valence-corrected chi connectivity index (χ1v) is 8.46. The van der Waals surface area contributed by atoms with Gasteiger partial charge >= 0.3 is 0 Å². The fourth-order valence-corrected chi connectivity index (χ4v) is 3.30. The van der Waals surface area contributed by atoms with E-state index >= 15 is 0 Å². The number of ketones is 1. The fraction of sp³-hybridized carbons (Fsp3) is 0.300. The zero-order valence-electron chi connectivity index (χ0n) is 14.2. The Hall–Kier alpha value is -2.53. The Labute approximate surface area is 146 Å². The van der Waals surface area contributed by atoms with Crippen LogP contribution in [0.15, 0.2) is 36.4 Å². The maximum atomic E-state index is 14.6. The number of benzene rings is 2. The van der Waals surface area contributed by atoms with Crippen molar-refractivity contribution in [1.29, 1.82) is 0 Å². The molecule has 0 saturated carbocycles. The SMILES string of the molecule is CC(=O)Nc1cc(F)c(CNCc2ccccc2)c2c1C(=O)CCC2. The third-order valence-corrected chi connectivity index (χ3v) is 4.39. The van der Waals surface area contributed by atoms with Gasteiger partial charge in [0, 0.05) is 37.6 Å². The van der Waals surface area contributed by atoms with Crippen molar-refractivity contribution in [2.75, 3.05) is 5.32 Å². The molecule has 0 spiro atoms. The summed E-state index contributed by atoms with van der Waals surface area (Å²) in [4.78, 5) is 23.7. The average Bonchev–Trinajstić information content (AvgIpc) is 2.58. The second kappa shape index (κ2) is 7.57. The molecule has 0 bridgehead atoms. The Balaban J connectivity index is 1.87. The Morgan fingerprint density at radius 2 is 1.92 bits per heavy atom. The quantitative estimate of drug-likeness (QED) is 0.874. The van der Waals surface area contributed by atoms with E-state index < -0.39 is 5.82 Å². The fourth-order valence-electron chi connectivity index (χ4n) is 3.30. The number of carbonyl (C=O) groups is 2. The molecule has 0 heterocycles. The van der Waals surface area contributed by atoms with E-state index in [4.69, 9.17) is 0 Å². The lowest BCUT2D eigenvalue weighted by Crippen LogP contribution is -2.22. The van der Waals surface area contributed by atoms with Crippen molar-refractivity contribution < 1.29 is 14.0 Å². The van der Waals surface area contributed by atoms with Gasteiger partial charge in [-0.3, -0.25) is 9.59 Å². The van der Waals surface area contributed by atoms with Crippen LogP contribution in [-0.2, 0) is 24.3 Å². The summed E-state index contributed by atoms with van der Waals surface area (Å²) >= 11 is 0. The number of anilines is 1. The van der Waals surface area contributed by atoms with Crippen molar-refractivity contribution in [2.45, 2.75) is 39.3 Å². The van der Waals surface area contributed by atoms with Crippen LogP contribution >= 0.6 is 0 Å². The average molecular weight is 340 g/mol. The number of fused-ring (bicyclic) bond motifs is 1. The minimum Gasteiger partial charge on any atom is -0.326 e. The third kappa shape index (κ3) is 3.94. The first-order valence-electron chi connectivity index (χ1n) is 8.46. The number of carbonyl (C=O) groups excluding carboxylic acids is 2. The molecule has 130 valence electrons. The van der Waals surface area contributed by atoms with Crippen LogP contribution < -0.4 is 10.6 Å². The molecule has 0 fully saturated rings. The van der Waals surface area contributed by atoms with Crippen LogP contribution in [0.5, 0.6) is 0 Å². The summed E-state index contributed by atoms with van der Waals surface area (Å²) in [6, 6.07) is 11.1. The first kappa shape index (κ1) is 17.3. The summed E-state index contributed by atoms with van der Waals surface area (Å²) in [6.45, 7) is 2.32. The van der Waals surface area contributed by atoms with Crippen LogP contribution in [0.1, 0.15) is 46.8 Å². The van der Waals surface area contributed by atoms with E-state index in [1.54, 1.807) is 0 Å². The van der Waals surface area contributed by atoms with Crippen LogP contribution in [0.25, 0.3) is 0 Å².